The lowest BCUT2D eigenvalue weighted by atomic mass is 9.89. The summed E-state index contributed by atoms with van der Waals surface area (Å²) in [6, 6.07) is 21.3. The molecule has 0 saturated carbocycles. The van der Waals surface area contributed by atoms with Crippen LogP contribution in [0, 0.1) is 0 Å². The molecule has 7 rings (SSSR count). The van der Waals surface area contributed by atoms with Crippen LogP contribution in [0.2, 0.25) is 0 Å². The van der Waals surface area contributed by atoms with Crippen LogP contribution in [-0.4, -0.2) is 102 Å². The van der Waals surface area contributed by atoms with Gasteiger partial charge in [-0.1, -0.05) is 24.3 Å². The summed E-state index contributed by atoms with van der Waals surface area (Å²) in [4.78, 5) is 64.8. The van der Waals surface area contributed by atoms with Crippen LogP contribution >= 0.6 is 15.9 Å². The molecule has 4 aromatic rings. The molecule has 14 nitrogen and oxygen atoms in total. The Morgan fingerprint density at radius 1 is 0.931 bits per heavy atom. The van der Waals surface area contributed by atoms with Crippen molar-refractivity contribution >= 4 is 74.0 Å². The molecule has 3 aliphatic heterocycles. The molecule has 3 aromatic carbocycles. The molecule has 3 saturated heterocycles. The molecule has 0 aliphatic carbocycles. The fraction of sp³-hybridized carbons (Fsp3) is 0.395. The minimum Gasteiger partial charge on any atom is -0.494 e. The van der Waals surface area contributed by atoms with Crippen molar-refractivity contribution < 1.29 is 23.9 Å². The van der Waals surface area contributed by atoms with Crippen LogP contribution in [0.3, 0.4) is 0 Å². The third-order valence-corrected chi connectivity index (χ3v) is 12.0. The van der Waals surface area contributed by atoms with Crippen molar-refractivity contribution in [1.82, 2.24) is 25.1 Å². The lowest BCUT2D eigenvalue weighted by molar-refractivity contribution is -0.134. The molecule has 0 radical (unpaired) electrons. The Morgan fingerprint density at radius 3 is 2.38 bits per heavy atom. The minimum atomic E-state index is -0.398. The number of amides is 3. The van der Waals surface area contributed by atoms with Gasteiger partial charge in [0.25, 0.3) is 0 Å². The summed E-state index contributed by atoms with van der Waals surface area (Å²) in [5, 5.41) is 12.2. The Hall–Kier alpha value is -5.54. The SMILES string of the molecule is COc1cc(N2CCC(N(C)C(=O)CN3CCC(c4ccc(NC5CCC(=O)NC5=O)cc4)CC3)CC2)ccc1Nc1ncc(Br)c(Nc2ccccc2C(C)=O)n1. The number of methoxy groups -OCH3 is 1. The van der Waals surface area contributed by atoms with Crippen molar-refractivity contribution in [3.05, 3.63) is 88.5 Å². The van der Waals surface area contributed by atoms with Gasteiger partial charge in [-0.3, -0.25) is 29.4 Å². The van der Waals surface area contributed by atoms with E-state index in [1.807, 2.05) is 54.4 Å². The van der Waals surface area contributed by atoms with E-state index in [1.54, 1.807) is 19.4 Å². The number of piperidine rings is 3. The van der Waals surface area contributed by atoms with Gasteiger partial charge in [0.1, 0.15) is 17.6 Å². The number of para-hydroxylation sites is 1. The number of nitrogens with one attached hydrogen (secondary N) is 4. The van der Waals surface area contributed by atoms with Gasteiger partial charge >= 0.3 is 0 Å². The molecular formula is C43H50BrN9O5. The van der Waals surface area contributed by atoms with E-state index in [0.29, 0.717) is 64.2 Å². The van der Waals surface area contributed by atoms with Gasteiger partial charge in [0.05, 0.1) is 29.5 Å². The maximum Gasteiger partial charge on any atom is 0.249 e. The molecule has 3 fully saturated rings. The third-order valence-electron chi connectivity index (χ3n) is 11.4. The molecule has 1 unspecified atom stereocenters. The fourth-order valence-corrected chi connectivity index (χ4v) is 8.26. The number of likely N-dealkylation sites (N-methyl/N-ethyl adjacent to an activating group) is 1. The average molecular weight is 853 g/mol. The second-order valence-electron chi connectivity index (χ2n) is 15.2. The summed E-state index contributed by atoms with van der Waals surface area (Å²) in [7, 11) is 3.58. The molecule has 1 atom stereocenters. The van der Waals surface area contributed by atoms with Gasteiger partial charge < -0.3 is 30.5 Å². The number of aromatic nitrogens is 2. The summed E-state index contributed by atoms with van der Waals surface area (Å²) in [5.74, 6) is 1.58. The lowest BCUT2D eigenvalue weighted by Gasteiger charge is -2.39. The van der Waals surface area contributed by atoms with Crippen LogP contribution < -0.4 is 30.9 Å². The zero-order valence-corrected chi connectivity index (χ0v) is 34.7. The molecule has 1 aromatic heterocycles. The van der Waals surface area contributed by atoms with Crippen molar-refractivity contribution in [3.63, 3.8) is 0 Å². The molecule has 304 valence electrons. The van der Waals surface area contributed by atoms with Gasteiger partial charge in [0, 0.05) is 61.8 Å². The quantitative estimate of drug-likeness (QED) is 0.0860. The van der Waals surface area contributed by atoms with Crippen molar-refractivity contribution in [2.75, 3.05) is 67.7 Å². The Kier molecular flexibility index (Phi) is 12.9. The lowest BCUT2D eigenvalue weighted by Crippen LogP contribution is -2.49. The van der Waals surface area contributed by atoms with E-state index < -0.39 is 6.04 Å². The number of carbonyl (C=O) groups is 4. The fourth-order valence-electron chi connectivity index (χ4n) is 7.97. The number of rotatable bonds is 13. The summed E-state index contributed by atoms with van der Waals surface area (Å²) in [6.07, 6.45) is 6.20. The molecule has 58 heavy (non-hydrogen) atoms. The summed E-state index contributed by atoms with van der Waals surface area (Å²) < 4.78 is 6.43. The number of imide groups is 1. The standard InChI is InChI=1S/C43H50BrN9O5/c1-27(54)33-6-4-5-7-35(33)47-41-34(44)25-45-43(50-41)48-36-13-12-32(24-38(36)58-3)53-22-18-31(19-23-53)51(2)40(56)26-52-20-16-29(17-21-52)28-8-10-30(11-9-28)46-37-14-15-39(55)49-42(37)57/h4-13,24-25,29,31,37,46H,14-23,26H2,1-3H3,(H,49,55,57)(H2,45,47,48,50). The van der Waals surface area contributed by atoms with Gasteiger partial charge in [0.2, 0.25) is 23.7 Å². The van der Waals surface area contributed by atoms with Crippen LogP contribution in [0.1, 0.15) is 67.3 Å². The van der Waals surface area contributed by atoms with E-state index in [2.05, 4.69) is 75.2 Å². The van der Waals surface area contributed by atoms with Gasteiger partial charge in [-0.25, -0.2) is 4.98 Å². The molecule has 4 N–H and O–H groups in total. The van der Waals surface area contributed by atoms with E-state index in [9.17, 15) is 19.2 Å². The van der Waals surface area contributed by atoms with E-state index in [-0.39, 0.29) is 29.5 Å². The number of ether oxygens (including phenoxy) is 1. The van der Waals surface area contributed by atoms with E-state index >= 15 is 0 Å². The first kappa shape index (κ1) is 40.6. The molecular weight excluding hydrogens is 802 g/mol. The number of halogens is 1. The molecule has 3 aliphatic rings. The number of nitrogens with zero attached hydrogens (tertiary/aromatic N) is 5. The second kappa shape index (κ2) is 18.4. The van der Waals surface area contributed by atoms with Gasteiger partial charge in [0.15, 0.2) is 5.78 Å². The van der Waals surface area contributed by atoms with Crippen molar-refractivity contribution in [2.24, 2.45) is 0 Å². The summed E-state index contributed by atoms with van der Waals surface area (Å²) in [5.41, 5.74) is 5.11. The highest BCUT2D eigenvalue weighted by Gasteiger charge is 2.29. The largest absolute Gasteiger partial charge is 0.494 e. The number of hydrogen-bond acceptors (Lipinski definition) is 12. The monoisotopic (exact) mass is 851 g/mol. The van der Waals surface area contributed by atoms with E-state index in [1.165, 1.54) is 12.5 Å². The van der Waals surface area contributed by atoms with Crippen LogP contribution in [-0.2, 0) is 14.4 Å². The van der Waals surface area contributed by atoms with Crippen molar-refractivity contribution in [2.45, 2.75) is 63.5 Å². The second-order valence-corrected chi connectivity index (χ2v) is 16.0. The molecule has 4 heterocycles. The number of hydrogen-bond donors (Lipinski definition) is 4. The number of Topliss-reactive ketones (excluding diaryl/α,β-unsaturated/α-hetero) is 1. The highest BCUT2D eigenvalue weighted by molar-refractivity contribution is 9.10. The Balaban J connectivity index is 0.870. The van der Waals surface area contributed by atoms with Gasteiger partial charge in [-0.2, -0.15) is 4.98 Å². The number of anilines is 6. The maximum atomic E-state index is 13.5. The topological polar surface area (TPSA) is 161 Å². The van der Waals surface area contributed by atoms with Crippen LogP contribution in [0.5, 0.6) is 5.75 Å². The number of ketones is 1. The molecule has 3 amide bonds. The summed E-state index contributed by atoms with van der Waals surface area (Å²) in [6.45, 7) is 5.33. The highest BCUT2D eigenvalue weighted by Crippen LogP contribution is 2.35. The zero-order chi connectivity index (χ0) is 40.8. The van der Waals surface area contributed by atoms with Crippen LogP contribution in [0.4, 0.5) is 34.5 Å². The van der Waals surface area contributed by atoms with Crippen LogP contribution in [0.15, 0.2) is 77.4 Å². The smallest absolute Gasteiger partial charge is 0.249 e. The summed E-state index contributed by atoms with van der Waals surface area (Å²) >= 11 is 3.51. The molecule has 0 spiro atoms. The maximum absolute atomic E-state index is 13.5. The van der Waals surface area contributed by atoms with Gasteiger partial charge in [-0.15, -0.1) is 0 Å². The van der Waals surface area contributed by atoms with Crippen molar-refractivity contribution in [1.29, 1.82) is 0 Å². The van der Waals surface area contributed by atoms with Crippen molar-refractivity contribution in [3.8, 4) is 5.75 Å². The first-order valence-electron chi connectivity index (χ1n) is 19.8. The average Bonchev–Trinajstić information content (AvgIpc) is 3.23. The number of carbonyl (C=O) groups excluding carboxylic acids is 4. The first-order valence-corrected chi connectivity index (χ1v) is 20.6. The molecule has 0 bridgehead atoms. The number of benzene rings is 3. The van der Waals surface area contributed by atoms with Crippen LogP contribution in [0.25, 0.3) is 0 Å². The Labute approximate surface area is 347 Å². The Morgan fingerprint density at radius 2 is 1.67 bits per heavy atom. The third kappa shape index (κ3) is 9.76. The Bertz CT molecular complexity index is 2140. The zero-order valence-electron chi connectivity index (χ0n) is 33.1. The minimum absolute atomic E-state index is 0.0466. The first-order chi connectivity index (χ1) is 28.0. The van der Waals surface area contributed by atoms with E-state index in [0.717, 1.165) is 63.2 Å². The number of likely N-dealkylation sites (tertiary alicyclic amines) is 1. The highest BCUT2D eigenvalue weighted by atomic mass is 79.9. The van der Waals surface area contributed by atoms with Gasteiger partial charge in [-0.05, 0) is 116 Å². The van der Waals surface area contributed by atoms with E-state index in [4.69, 9.17) is 4.74 Å². The normalized spacial score (nSPS) is 18.0. The predicted molar refractivity (Wildman–Crippen MR) is 228 cm³/mol. The molecule has 15 heteroatoms. The predicted octanol–water partition coefficient (Wildman–Crippen LogP) is 6.46.